The van der Waals surface area contributed by atoms with E-state index in [1.165, 1.54) is 159 Å². The third-order valence-electron chi connectivity index (χ3n) is 35.8. The number of carboxylic acid groups (broad SMARTS) is 3. The molecule has 0 bridgehead atoms. The fourth-order valence-corrected chi connectivity index (χ4v) is 33.9. The van der Waals surface area contributed by atoms with E-state index in [1.54, 1.807) is 0 Å². The fraction of sp³-hybridized carbons (Fsp3) is 0.182. The van der Waals surface area contributed by atoms with Crippen molar-refractivity contribution >= 4 is 199 Å². The Balaban J connectivity index is 0.887. The van der Waals surface area contributed by atoms with Crippen molar-refractivity contribution in [1.29, 1.82) is 0 Å². The number of benzene rings is 15. The van der Waals surface area contributed by atoms with Gasteiger partial charge in [0.2, 0.25) is 0 Å². The molecule has 14 unspecified atom stereocenters. The van der Waals surface area contributed by atoms with Gasteiger partial charge in [-0.25, -0.2) is 14.4 Å². The van der Waals surface area contributed by atoms with Crippen molar-refractivity contribution in [1.82, 2.24) is 0 Å². The molecule has 4 heterocycles. The van der Waals surface area contributed by atoms with Gasteiger partial charge in [0.1, 0.15) is 46.6 Å². The van der Waals surface area contributed by atoms with Gasteiger partial charge in [-0.15, -0.1) is 0 Å². The van der Waals surface area contributed by atoms with Crippen molar-refractivity contribution in [3.8, 4) is 5.75 Å². The third-order valence-corrected chi connectivity index (χ3v) is 35.8. The molecule has 15 aromatic rings. The third kappa shape index (κ3) is 3.57. The number of rotatable bonds is 3. The van der Waals surface area contributed by atoms with Gasteiger partial charge in [0.05, 0.1) is 16.7 Å². The molecule has 0 radical (unpaired) electrons. The molecular weight excluding hydrogens is 1380 g/mol. The van der Waals surface area contributed by atoms with E-state index in [1.807, 2.05) is 24.3 Å². The predicted molar refractivity (Wildman–Crippen MR) is 409 cm³/mol. The maximum absolute atomic E-state index is 14.9. The van der Waals surface area contributed by atoms with Gasteiger partial charge in [-0.05, 0) is 330 Å². The van der Waals surface area contributed by atoms with Crippen molar-refractivity contribution in [2.24, 2.45) is 11.8 Å². The largest absolute Gasteiger partial charge is 0.511 e. The number of phenolic OH excluding ortho intramolecular Hbond substituents is 1. The van der Waals surface area contributed by atoms with Crippen molar-refractivity contribution in [3.05, 3.63) is 248 Å². The lowest BCUT2D eigenvalue weighted by Gasteiger charge is -2.58. The lowest BCUT2D eigenvalue weighted by molar-refractivity contribution is 0.0685. The van der Waals surface area contributed by atoms with Crippen molar-refractivity contribution in [2.75, 3.05) is 0 Å². The molecule has 111 heavy (non-hydrogen) atoms. The van der Waals surface area contributed by atoms with Gasteiger partial charge < -0.3 is 44.5 Å². The fourth-order valence-electron chi connectivity index (χ4n) is 33.9. The van der Waals surface area contributed by atoms with Gasteiger partial charge in [0.15, 0.2) is 11.2 Å². The Morgan fingerprint density at radius 1 is 0.477 bits per heavy atom. The monoisotopic (exact) mass is 1420 g/mol. The van der Waals surface area contributed by atoms with E-state index in [-0.39, 0.29) is 46.1 Å². The Kier molecular flexibility index (Phi) is 5.71. The van der Waals surface area contributed by atoms with Crippen LogP contribution in [-0.4, -0.2) is 73.0 Å². The minimum absolute atomic E-state index is 0.0909. The number of aromatic hydroxyl groups is 1. The average molecular weight is 1420 g/mol. The van der Waals surface area contributed by atoms with Crippen LogP contribution >= 0.6 is 0 Å². The highest BCUT2D eigenvalue weighted by molar-refractivity contribution is 6.50. The summed E-state index contributed by atoms with van der Waals surface area (Å²) < 4.78 is 33.6. The quantitative estimate of drug-likeness (QED) is 0.0637. The molecular formula is C99H36O12. The molecule has 4 saturated heterocycles. The Morgan fingerprint density at radius 3 is 2.17 bits per heavy atom. The number of carbonyl (C=O) groups is 3. The predicted octanol–water partition coefficient (Wildman–Crippen LogP) is 12.0. The second-order valence-corrected chi connectivity index (χ2v) is 38.0. The minimum atomic E-state index is -1.17. The van der Waals surface area contributed by atoms with E-state index >= 15 is 0 Å². The summed E-state index contributed by atoms with van der Waals surface area (Å²) in [4.78, 5) is 43.9. The zero-order chi connectivity index (χ0) is 69.9. The van der Waals surface area contributed by atoms with Gasteiger partial charge in [0, 0.05) is 95.7 Å². The molecule has 15 aromatic carbocycles. The number of ether oxygens (including phenoxy) is 4. The number of phenols is 1. The zero-order valence-electron chi connectivity index (χ0n) is 57.2. The standard InChI is InChI=1S/C99H36O12/c100-38-15-22-13-37(94(106)107)45-28-8-6-25-24-3-1-2-19-11-34-49-55(39(19)24)60-46(25)47(28)68-71-56(45)40(22)48-32(38)14-23-18-95-80-67-51-36(91(95)109-95)16-30-27(92(102)103)7-9-29-44(30)58(51)62-61-53(29)89-90(108-89)54-33-17-31(93(104)105)26-5-4-20-10-21-12-35(88(34)101)50-57-43(21)81-42(20)52(26)79(33)96-84(69(54)61)73-63(62)65(67)75-77-76(73)85(97(81,96)110-96)72(57)74-64(59(49)50)70(60)83(68)98(86(74)77)99(111-98)82(71)66(48)41(23)78(80)87(75)99/h1-5,7,9,12-18,20,34,51,58,86-87,89-91,100-101H,6,8,10-11H2,(H,102,103)(H,104,105)(H,106,107). The Morgan fingerprint density at radius 2 is 1.28 bits per heavy atom. The average Bonchev–Trinajstić information content (AvgIpc) is 1.40. The molecule has 12 heteroatoms. The first-order chi connectivity index (χ1) is 54.4. The number of aliphatic hydroxyl groups is 1. The van der Waals surface area contributed by atoms with Gasteiger partial charge in [-0.2, -0.15) is 0 Å². The summed E-state index contributed by atoms with van der Waals surface area (Å²) in [6.07, 6.45) is 10.3. The molecule has 0 saturated carbocycles. The highest BCUT2D eigenvalue weighted by Crippen LogP contribution is 2.92. The number of epoxide rings is 4. The first kappa shape index (κ1) is 49.7. The number of carboxylic acids is 3. The molecule has 0 amide bonds. The lowest BCUT2D eigenvalue weighted by atomic mass is 9.40. The highest BCUT2D eigenvalue weighted by Gasteiger charge is 2.91. The Labute approximate surface area is 616 Å². The molecule has 21 aliphatic carbocycles. The number of aliphatic hydroxyl groups excluding tert-OH is 1. The van der Waals surface area contributed by atoms with E-state index in [9.17, 15) is 44.7 Å². The topological polar surface area (TPSA) is 202 Å². The summed E-state index contributed by atoms with van der Waals surface area (Å²) in [6, 6.07) is 21.2. The zero-order valence-corrected chi connectivity index (χ0v) is 57.2. The number of allylic oxidation sites excluding steroid dienone is 3. The van der Waals surface area contributed by atoms with Gasteiger partial charge in [0.25, 0.3) is 0 Å². The molecule has 4 aliphatic heterocycles. The lowest BCUT2D eigenvalue weighted by Crippen LogP contribution is -2.59. The summed E-state index contributed by atoms with van der Waals surface area (Å²) >= 11 is 0. The molecule has 12 nitrogen and oxygen atoms in total. The van der Waals surface area contributed by atoms with Gasteiger partial charge >= 0.3 is 17.9 Å². The van der Waals surface area contributed by atoms with Crippen LogP contribution in [0.1, 0.15) is 177 Å². The molecule has 4 fully saturated rings. The van der Waals surface area contributed by atoms with Crippen LogP contribution in [0.3, 0.4) is 0 Å². The summed E-state index contributed by atoms with van der Waals surface area (Å²) in [5.41, 5.74) is 30.4. The van der Waals surface area contributed by atoms with Crippen LogP contribution in [0.15, 0.2) is 77.9 Å². The van der Waals surface area contributed by atoms with Crippen molar-refractivity contribution in [3.63, 3.8) is 0 Å². The number of hydrogen-bond acceptors (Lipinski definition) is 9. The summed E-state index contributed by atoms with van der Waals surface area (Å²) in [6.45, 7) is 0. The van der Waals surface area contributed by atoms with Crippen LogP contribution in [0.25, 0.3) is 181 Å². The SMILES string of the molecule is O=C(O)c1cc2c3c4c1C=CC1Cc5cc6c7c8c5C(=C41)C14OC31c1c3c5c9c%10c%11c%12c%13c(c1%10)C4=c8c1c4c7c7c8c%10c(cccc%10c%10c%14c%15c(c%16c(C(=O)O)cc%17cc(O)c%18cc%19c%20c%21c%22c(c%15c(c4c8%14)C4(OC%224C%12C=%20C4=C%11C8C(=Cc%11c(C(=O)O)ccc(c%11C98)C=5C5OC5C=32)C2OC42C=%19)C%131)c%16c%17c%18%21)CC%10)CC7C=6O. The van der Waals surface area contributed by atoms with Crippen molar-refractivity contribution < 1.29 is 58.9 Å². The molecule has 25 aliphatic rings. The van der Waals surface area contributed by atoms with Crippen LogP contribution < -0.4 is 31.3 Å². The van der Waals surface area contributed by atoms with Crippen LogP contribution in [0.2, 0.25) is 0 Å². The summed E-state index contributed by atoms with van der Waals surface area (Å²) in [7, 11) is 0. The Hall–Kier alpha value is -12.3. The van der Waals surface area contributed by atoms with E-state index in [2.05, 4.69) is 60.7 Å². The maximum atomic E-state index is 14.9. The van der Waals surface area contributed by atoms with Crippen LogP contribution in [-0.2, 0) is 61.4 Å². The van der Waals surface area contributed by atoms with Crippen LogP contribution in [0.4, 0.5) is 0 Å². The smallest absolute Gasteiger partial charge is 0.336 e. The minimum Gasteiger partial charge on any atom is -0.511 e. The van der Waals surface area contributed by atoms with E-state index in [0.717, 1.165) is 147 Å². The molecule has 40 rings (SSSR count). The highest BCUT2D eigenvalue weighted by atomic mass is 16.6. The molecule has 504 valence electrons. The first-order valence-electron chi connectivity index (χ1n) is 39.9. The van der Waals surface area contributed by atoms with Crippen LogP contribution in [0, 0.1) is 11.8 Å². The van der Waals surface area contributed by atoms with Crippen molar-refractivity contribution in [2.45, 2.75) is 95.7 Å². The normalized spacial score (nSPS) is 33.1. The second kappa shape index (κ2) is 12.8. The van der Waals surface area contributed by atoms with Gasteiger partial charge in [-0.1, -0.05) is 42.5 Å². The number of aryl methyl sites for hydroxylation is 2. The molecule has 0 aromatic heterocycles. The molecule has 5 N–H and O–H groups in total. The van der Waals surface area contributed by atoms with E-state index in [4.69, 9.17) is 14.2 Å². The first-order valence-corrected chi connectivity index (χ1v) is 39.9. The van der Waals surface area contributed by atoms with E-state index in [0.29, 0.717) is 47.8 Å². The second-order valence-electron chi connectivity index (χ2n) is 38.0. The molecule has 5 spiro atoms. The van der Waals surface area contributed by atoms with Crippen LogP contribution in [0.5, 0.6) is 5.75 Å². The number of fused-ring (bicyclic) bond motifs is 8. The van der Waals surface area contributed by atoms with E-state index < -0.39 is 76.1 Å². The summed E-state index contributed by atoms with van der Waals surface area (Å²) in [5.74, 6) is -4.59. The number of hydrogen-bond donors (Lipinski definition) is 5. The van der Waals surface area contributed by atoms with Gasteiger partial charge in [-0.3, -0.25) is 0 Å². The Bertz CT molecular complexity index is 9370. The maximum Gasteiger partial charge on any atom is 0.336 e. The number of aromatic carboxylic acids is 3. The summed E-state index contributed by atoms with van der Waals surface area (Å²) in [5, 5.41) is 94.1. The molecule has 14 atom stereocenters.